The van der Waals surface area contributed by atoms with Crippen LogP contribution in [0.15, 0.2) is 6.07 Å². The number of aliphatic hydroxyl groups excluding tert-OH is 1. The maximum Gasteiger partial charge on any atom is 0.274 e. The summed E-state index contributed by atoms with van der Waals surface area (Å²) in [4.78, 5) is 13.9. The monoisotopic (exact) mass is 239 g/mol. The van der Waals surface area contributed by atoms with Gasteiger partial charge in [0.05, 0.1) is 6.10 Å². The summed E-state index contributed by atoms with van der Waals surface area (Å²) in [6.07, 6.45) is -0.536. The molecule has 0 fully saturated rings. The van der Waals surface area contributed by atoms with Crippen molar-refractivity contribution in [2.24, 2.45) is 7.05 Å². The van der Waals surface area contributed by atoms with Crippen LogP contribution in [-0.2, 0) is 7.05 Å². The van der Waals surface area contributed by atoms with E-state index in [0.29, 0.717) is 12.2 Å². The van der Waals surface area contributed by atoms with Crippen LogP contribution in [0, 0.1) is 6.92 Å². The Hall–Kier alpha value is -1.36. The molecule has 1 rings (SSSR count). The number of carbonyl (C=O) groups is 1. The van der Waals surface area contributed by atoms with Crippen molar-refractivity contribution in [3.63, 3.8) is 0 Å². The number of amides is 1. The summed E-state index contributed by atoms with van der Waals surface area (Å²) in [5, 5.41) is 13.6. The van der Waals surface area contributed by atoms with Crippen LogP contribution in [0.25, 0.3) is 0 Å². The van der Waals surface area contributed by atoms with Crippen LogP contribution < -0.4 is 0 Å². The molecule has 5 heteroatoms. The average molecular weight is 239 g/mol. The number of aliphatic hydroxyl groups is 1. The molecule has 1 aromatic heterocycles. The van der Waals surface area contributed by atoms with Gasteiger partial charge in [-0.2, -0.15) is 5.10 Å². The van der Waals surface area contributed by atoms with Crippen molar-refractivity contribution in [2.45, 2.75) is 39.8 Å². The van der Waals surface area contributed by atoms with Crippen LogP contribution in [0.1, 0.15) is 37.0 Å². The van der Waals surface area contributed by atoms with E-state index in [9.17, 15) is 9.90 Å². The van der Waals surface area contributed by atoms with Crippen molar-refractivity contribution < 1.29 is 9.90 Å². The van der Waals surface area contributed by atoms with E-state index in [0.717, 1.165) is 5.69 Å². The van der Waals surface area contributed by atoms with Gasteiger partial charge in [-0.3, -0.25) is 9.48 Å². The predicted octanol–water partition coefficient (Wildman–Crippen LogP) is 0.960. The molecule has 0 saturated carbocycles. The number of hydrogen-bond acceptors (Lipinski definition) is 3. The van der Waals surface area contributed by atoms with Crippen LogP contribution in [0.5, 0.6) is 0 Å². The molecule has 1 amide bonds. The molecule has 0 bridgehead atoms. The SMILES string of the molecule is Cc1cc(C(=O)N(CC(C)O)C(C)C)nn1C. The fourth-order valence-electron chi connectivity index (χ4n) is 1.63. The Morgan fingerprint density at radius 2 is 2.12 bits per heavy atom. The van der Waals surface area contributed by atoms with Gasteiger partial charge in [0, 0.05) is 25.3 Å². The third kappa shape index (κ3) is 3.30. The number of aryl methyl sites for hydroxylation is 2. The minimum absolute atomic E-state index is 0.0411. The summed E-state index contributed by atoms with van der Waals surface area (Å²) in [6, 6.07) is 1.80. The Kier molecular flexibility index (Phi) is 4.28. The number of aromatic nitrogens is 2. The van der Waals surface area contributed by atoms with Crippen molar-refractivity contribution in [1.29, 1.82) is 0 Å². The van der Waals surface area contributed by atoms with Crippen LogP contribution in [-0.4, -0.2) is 44.4 Å². The highest BCUT2D eigenvalue weighted by atomic mass is 16.3. The lowest BCUT2D eigenvalue weighted by Crippen LogP contribution is -2.41. The fourth-order valence-corrected chi connectivity index (χ4v) is 1.63. The fraction of sp³-hybridized carbons (Fsp3) is 0.667. The largest absolute Gasteiger partial charge is 0.392 e. The molecule has 1 unspecified atom stereocenters. The Morgan fingerprint density at radius 1 is 1.53 bits per heavy atom. The molecular formula is C12H21N3O2. The maximum absolute atomic E-state index is 12.2. The van der Waals surface area contributed by atoms with Gasteiger partial charge in [-0.1, -0.05) is 0 Å². The second-order valence-electron chi connectivity index (χ2n) is 4.69. The molecule has 96 valence electrons. The first-order chi connectivity index (χ1) is 7.82. The highest BCUT2D eigenvalue weighted by Crippen LogP contribution is 2.09. The second kappa shape index (κ2) is 5.31. The summed E-state index contributed by atoms with van der Waals surface area (Å²) in [7, 11) is 1.81. The first-order valence-corrected chi connectivity index (χ1v) is 5.82. The van der Waals surface area contributed by atoms with E-state index in [2.05, 4.69) is 5.10 Å². The number of rotatable bonds is 4. The van der Waals surface area contributed by atoms with E-state index in [1.54, 1.807) is 29.6 Å². The molecule has 0 aliphatic heterocycles. The van der Waals surface area contributed by atoms with E-state index in [1.807, 2.05) is 20.8 Å². The van der Waals surface area contributed by atoms with Gasteiger partial charge in [0.25, 0.3) is 5.91 Å². The Morgan fingerprint density at radius 3 is 2.47 bits per heavy atom. The minimum Gasteiger partial charge on any atom is -0.392 e. The van der Waals surface area contributed by atoms with E-state index in [-0.39, 0.29) is 11.9 Å². The molecule has 1 atom stereocenters. The second-order valence-corrected chi connectivity index (χ2v) is 4.69. The third-order valence-electron chi connectivity index (χ3n) is 2.68. The molecule has 0 radical (unpaired) electrons. The van der Waals surface area contributed by atoms with Crippen molar-refractivity contribution in [1.82, 2.24) is 14.7 Å². The average Bonchev–Trinajstić information content (AvgIpc) is 2.54. The van der Waals surface area contributed by atoms with E-state index < -0.39 is 6.10 Å². The quantitative estimate of drug-likeness (QED) is 0.851. The predicted molar refractivity (Wildman–Crippen MR) is 65.8 cm³/mol. The summed E-state index contributed by atoms with van der Waals surface area (Å²) in [5.74, 6) is -0.135. The molecule has 0 spiro atoms. The number of nitrogens with zero attached hydrogens (tertiary/aromatic N) is 3. The van der Waals surface area contributed by atoms with Gasteiger partial charge < -0.3 is 10.0 Å². The van der Waals surface area contributed by atoms with E-state index >= 15 is 0 Å². The van der Waals surface area contributed by atoms with Gasteiger partial charge in [0.15, 0.2) is 5.69 Å². The van der Waals surface area contributed by atoms with Gasteiger partial charge >= 0.3 is 0 Å². The normalized spacial score (nSPS) is 12.9. The molecule has 0 aliphatic rings. The highest BCUT2D eigenvalue weighted by molar-refractivity contribution is 5.92. The number of hydrogen-bond donors (Lipinski definition) is 1. The minimum atomic E-state index is -0.536. The lowest BCUT2D eigenvalue weighted by Gasteiger charge is -2.27. The summed E-state index contributed by atoms with van der Waals surface area (Å²) < 4.78 is 1.67. The zero-order chi connectivity index (χ0) is 13.2. The topological polar surface area (TPSA) is 58.4 Å². The van der Waals surface area contributed by atoms with Gasteiger partial charge in [-0.05, 0) is 33.8 Å². The maximum atomic E-state index is 12.2. The van der Waals surface area contributed by atoms with E-state index in [1.165, 1.54) is 0 Å². The molecule has 1 heterocycles. The zero-order valence-corrected chi connectivity index (χ0v) is 11.1. The molecule has 0 aliphatic carbocycles. The van der Waals surface area contributed by atoms with E-state index in [4.69, 9.17) is 0 Å². The molecule has 1 N–H and O–H groups in total. The third-order valence-corrected chi connectivity index (χ3v) is 2.68. The molecule has 1 aromatic rings. The van der Waals surface area contributed by atoms with Crippen LogP contribution >= 0.6 is 0 Å². The van der Waals surface area contributed by atoms with Crippen LogP contribution in [0.2, 0.25) is 0 Å². The van der Waals surface area contributed by atoms with Crippen molar-refractivity contribution in [2.75, 3.05) is 6.54 Å². The molecule has 17 heavy (non-hydrogen) atoms. The van der Waals surface area contributed by atoms with Crippen LogP contribution in [0.3, 0.4) is 0 Å². The van der Waals surface area contributed by atoms with Gasteiger partial charge in [0.1, 0.15) is 0 Å². The van der Waals surface area contributed by atoms with Gasteiger partial charge in [-0.25, -0.2) is 0 Å². The molecule has 0 saturated heterocycles. The van der Waals surface area contributed by atoms with Crippen molar-refractivity contribution in [3.8, 4) is 0 Å². The lowest BCUT2D eigenvalue weighted by molar-refractivity contribution is 0.0572. The highest BCUT2D eigenvalue weighted by Gasteiger charge is 2.22. The Labute approximate surface area is 102 Å². The van der Waals surface area contributed by atoms with Gasteiger partial charge in [-0.15, -0.1) is 0 Å². The van der Waals surface area contributed by atoms with Crippen LogP contribution in [0.4, 0.5) is 0 Å². The molecule has 0 aromatic carbocycles. The Bertz CT molecular complexity index is 377. The number of carbonyl (C=O) groups excluding carboxylic acids is 1. The standard InChI is InChI=1S/C12H21N3O2/c1-8(2)15(7-10(4)16)12(17)11-6-9(3)14(5)13-11/h6,8,10,16H,7H2,1-5H3. The van der Waals surface area contributed by atoms with Crippen molar-refractivity contribution in [3.05, 3.63) is 17.5 Å². The lowest BCUT2D eigenvalue weighted by atomic mass is 10.2. The van der Waals surface area contributed by atoms with Crippen molar-refractivity contribution >= 4 is 5.91 Å². The summed E-state index contributed by atoms with van der Waals surface area (Å²) in [5.41, 5.74) is 1.37. The summed E-state index contributed by atoms with van der Waals surface area (Å²) >= 11 is 0. The zero-order valence-electron chi connectivity index (χ0n) is 11.1. The first-order valence-electron chi connectivity index (χ1n) is 5.82. The smallest absolute Gasteiger partial charge is 0.274 e. The Balaban J connectivity index is 2.91. The first kappa shape index (κ1) is 13.7. The summed E-state index contributed by atoms with van der Waals surface area (Å²) in [6.45, 7) is 7.75. The van der Waals surface area contributed by atoms with Gasteiger partial charge in [0.2, 0.25) is 0 Å². The molecule has 5 nitrogen and oxygen atoms in total. The molecular weight excluding hydrogens is 218 g/mol.